The Balaban J connectivity index is 2.03. The molecule has 2 rings (SSSR count). The minimum atomic E-state index is 0.437. The van der Waals surface area contributed by atoms with E-state index in [1.807, 2.05) is 0 Å². The molecule has 106 valence electrons. The topological polar surface area (TPSA) is 21.3 Å². The first-order valence-corrected chi connectivity index (χ1v) is 8.11. The molecule has 1 saturated heterocycles. The maximum Gasteiger partial charge on any atom is 0.0576 e. The molecule has 0 spiro atoms. The third-order valence-electron chi connectivity index (χ3n) is 3.87. The van der Waals surface area contributed by atoms with Crippen molar-refractivity contribution < 1.29 is 4.74 Å². The van der Waals surface area contributed by atoms with Crippen molar-refractivity contribution in [2.24, 2.45) is 0 Å². The number of rotatable bonds is 6. The highest BCUT2D eigenvalue weighted by atomic mass is 79.9. The van der Waals surface area contributed by atoms with Gasteiger partial charge in [0.2, 0.25) is 0 Å². The van der Waals surface area contributed by atoms with Crippen molar-refractivity contribution in [1.82, 2.24) is 5.32 Å². The lowest BCUT2D eigenvalue weighted by atomic mass is 9.95. The van der Waals surface area contributed by atoms with Crippen molar-refractivity contribution in [3.8, 4) is 0 Å². The SMILES string of the molecule is CCNC(CCC1CCCO1)c1cc(Br)ccc1C. The molecule has 1 heterocycles. The quantitative estimate of drug-likeness (QED) is 0.838. The van der Waals surface area contributed by atoms with Crippen LogP contribution in [0.4, 0.5) is 0 Å². The molecule has 0 aliphatic carbocycles. The molecule has 1 aromatic carbocycles. The summed E-state index contributed by atoms with van der Waals surface area (Å²) < 4.78 is 6.89. The summed E-state index contributed by atoms with van der Waals surface area (Å²) in [5, 5.41) is 3.61. The molecule has 19 heavy (non-hydrogen) atoms. The van der Waals surface area contributed by atoms with Gasteiger partial charge in [0, 0.05) is 17.1 Å². The number of hydrogen-bond acceptors (Lipinski definition) is 2. The molecule has 0 aromatic heterocycles. The Kier molecular flexibility index (Phi) is 5.86. The van der Waals surface area contributed by atoms with Crippen molar-refractivity contribution >= 4 is 15.9 Å². The maximum atomic E-state index is 5.73. The van der Waals surface area contributed by atoms with Crippen LogP contribution in [0.5, 0.6) is 0 Å². The van der Waals surface area contributed by atoms with Gasteiger partial charge < -0.3 is 10.1 Å². The molecule has 1 N–H and O–H groups in total. The van der Waals surface area contributed by atoms with Gasteiger partial charge in [-0.25, -0.2) is 0 Å². The fraction of sp³-hybridized carbons (Fsp3) is 0.625. The molecule has 1 fully saturated rings. The average molecular weight is 326 g/mol. The first-order valence-electron chi connectivity index (χ1n) is 7.31. The largest absolute Gasteiger partial charge is 0.378 e. The summed E-state index contributed by atoms with van der Waals surface area (Å²) in [6.07, 6.45) is 5.25. The second-order valence-electron chi connectivity index (χ2n) is 5.32. The Morgan fingerprint density at radius 3 is 3.00 bits per heavy atom. The Morgan fingerprint density at radius 2 is 2.32 bits per heavy atom. The van der Waals surface area contributed by atoms with Gasteiger partial charge in [0.1, 0.15) is 0 Å². The zero-order valence-corrected chi connectivity index (χ0v) is 13.5. The second-order valence-corrected chi connectivity index (χ2v) is 6.24. The molecule has 2 atom stereocenters. The molecule has 0 radical (unpaired) electrons. The van der Waals surface area contributed by atoms with E-state index in [0.29, 0.717) is 12.1 Å². The molecule has 1 aromatic rings. The van der Waals surface area contributed by atoms with Crippen molar-refractivity contribution in [2.45, 2.75) is 51.7 Å². The highest BCUT2D eigenvalue weighted by Gasteiger charge is 2.19. The van der Waals surface area contributed by atoms with E-state index >= 15 is 0 Å². The fourth-order valence-electron chi connectivity index (χ4n) is 2.83. The summed E-state index contributed by atoms with van der Waals surface area (Å²) in [6, 6.07) is 6.99. The van der Waals surface area contributed by atoms with E-state index in [-0.39, 0.29) is 0 Å². The summed E-state index contributed by atoms with van der Waals surface area (Å²) in [7, 11) is 0. The van der Waals surface area contributed by atoms with Gasteiger partial charge in [0.05, 0.1) is 6.10 Å². The highest BCUT2D eigenvalue weighted by molar-refractivity contribution is 9.10. The van der Waals surface area contributed by atoms with E-state index < -0.39 is 0 Å². The van der Waals surface area contributed by atoms with Crippen molar-refractivity contribution in [1.29, 1.82) is 0 Å². The second kappa shape index (κ2) is 7.41. The first kappa shape index (κ1) is 15.0. The molecule has 1 aliphatic rings. The summed E-state index contributed by atoms with van der Waals surface area (Å²) in [6.45, 7) is 6.32. The molecular weight excluding hydrogens is 302 g/mol. The monoisotopic (exact) mass is 325 g/mol. The summed E-state index contributed by atoms with van der Waals surface area (Å²) in [5.74, 6) is 0. The molecule has 0 saturated carbocycles. The van der Waals surface area contributed by atoms with Crippen LogP contribution in [0.3, 0.4) is 0 Å². The molecule has 0 bridgehead atoms. The predicted molar refractivity (Wildman–Crippen MR) is 83.5 cm³/mol. The molecule has 2 nitrogen and oxygen atoms in total. The minimum Gasteiger partial charge on any atom is -0.378 e. The number of aryl methyl sites for hydroxylation is 1. The van der Waals surface area contributed by atoms with Crippen LogP contribution in [0.25, 0.3) is 0 Å². The number of ether oxygens (including phenoxy) is 1. The van der Waals surface area contributed by atoms with Gasteiger partial charge >= 0.3 is 0 Å². The van der Waals surface area contributed by atoms with Crippen molar-refractivity contribution in [3.05, 3.63) is 33.8 Å². The van der Waals surface area contributed by atoms with E-state index in [9.17, 15) is 0 Å². The van der Waals surface area contributed by atoms with Crippen molar-refractivity contribution in [3.63, 3.8) is 0 Å². The third-order valence-corrected chi connectivity index (χ3v) is 4.36. The lowest BCUT2D eigenvalue weighted by Gasteiger charge is -2.22. The van der Waals surface area contributed by atoms with Crippen LogP contribution in [-0.2, 0) is 4.74 Å². The van der Waals surface area contributed by atoms with Gasteiger partial charge in [-0.1, -0.05) is 28.9 Å². The van der Waals surface area contributed by atoms with Crippen LogP contribution < -0.4 is 5.32 Å². The van der Waals surface area contributed by atoms with Gasteiger partial charge in [-0.3, -0.25) is 0 Å². The molecule has 2 unspecified atom stereocenters. The zero-order valence-electron chi connectivity index (χ0n) is 11.9. The fourth-order valence-corrected chi connectivity index (χ4v) is 3.20. The van der Waals surface area contributed by atoms with Crippen molar-refractivity contribution in [2.75, 3.05) is 13.2 Å². The number of benzene rings is 1. The summed E-state index contributed by atoms with van der Waals surface area (Å²) >= 11 is 3.58. The standard InChI is InChI=1S/C16H24BrNO/c1-3-18-16(9-8-14-5-4-10-19-14)15-11-13(17)7-6-12(15)2/h6-7,11,14,16,18H,3-5,8-10H2,1-2H3. The number of nitrogens with one attached hydrogen (secondary N) is 1. The lowest BCUT2D eigenvalue weighted by molar-refractivity contribution is 0.0996. The maximum absolute atomic E-state index is 5.73. The van der Waals surface area contributed by atoms with E-state index in [2.05, 4.69) is 53.3 Å². The smallest absolute Gasteiger partial charge is 0.0576 e. The number of hydrogen-bond donors (Lipinski definition) is 1. The first-order chi connectivity index (χ1) is 9.20. The number of halogens is 1. The van der Waals surface area contributed by atoms with E-state index in [1.165, 1.54) is 24.0 Å². The molecule has 3 heteroatoms. The predicted octanol–water partition coefficient (Wildman–Crippen LogP) is 4.37. The Morgan fingerprint density at radius 1 is 1.47 bits per heavy atom. The van der Waals surface area contributed by atoms with Gasteiger partial charge in [-0.15, -0.1) is 0 Å². The molecule has 0 amide bonds. The minimum absolute atomic E-state index is 0.437. The van der Waals surface area contributed by atoms with Gasteiger partial charge in [0.15, 0.2) is 0 Å². The van der Waals surface area contributed by atoms with Crippen LogP contribution in [0.15, 0.2) is 22.7 Å². The van der Waals surface area contributed by atoms with Crippen LogP contribution in [0, 0.1) is 6.92 Å². The van der Waals surface area contributed by atoms with E-state index in [0.717, 1.165) is 30.5 Å². The summed E-state index contributed by atoms with van der Waals surface area (Å²) in [4.78, 5) is 0. The van der Waals surface area contributed by atoms with Gasteiger partial charge in [-0.05, 0) is 62.4 Å². The average Bonchev–Trinajstić information content (AvgIpc) is 2.91. The van der Waals surface area contributed by atoms with Gasteiger partial charge in [-0.2, -0.15) is 0 Å². The normalized spacial score (nSPS) is 20.7. The van der Waals surface area contributed by atoms with E-state index in [4.69, 9.17) is 4.74 Å². The van der Waals surface area contributed by atoms with Crippen LogP contribution in [0.1, 0.15) is 49.8 Å². The third kappa shape index (κ3) is 4.30. The van der Waals surface area contributed by atoms with Crippen LogP contribution in [-0.4, -0.2) is 19.3 Å². The lowest BCUT2D eigenvalue weighted by Crippen LogP contribution is -2.23. The van der Waals surface area contributed by atoms with Gasteiger partial charge in [0.25, 0.3) is 0 Å². The van der Waals surface area contributed by atoms with E-state index in [1.54, 1.807) is 0 Å². The van der Waals surface area contributed by atoms with Crippen LogP contribution >= 0.6 is 15.9 Å². The summed E-state index contributed by atoms with van der Waals surface area (Å²) in [5.41, 5.74) is 2.77. The highest BCUT2D eigenvalue weighted by Crippen LogP contribution is 2.28. The zero-order chi connectivity index (χ0) is 13.7. The Hall–Kier alpha value is -0.380. The molecular formula is C16H24BrNO. The van der Waals surface area contributed by atoms with Crippen LogP contribution in [0.2, 0.25) is 0 Å². The molecule has 1 aliphatic heterocycles. The Labute approximate surface area is 125 Å². The Bertz CT molecular complexity index is 402.